The minimum atomic E-state index is 0.514. The molecular formula is C22H27N3. The van der Waals surface area contributed by atoms with E-state index in [2.05, 4.69) is 57.2 Å². The van der Waals surface area contributed by atoms with Crippen LogP contribution in [0.2, 0.25) is 0 Å². The summed E-state index contributed by atoms with van der Waals surface area (Å²) in [6, 6.07) is 6.18. The van der Waals surface area contributed by atoms with E-state index >= 15 is 0 Å². The Hall–Kier alpha value is -2.78. The molecule has 1 aromatic carbocycles. The van der Waals surface area contributed by atoms with E-state index in [1.165, 1.54) is 5.56 Å². The predicted molar refractivity (Wildman–Crippen MR) is 109 cm³/mol. The lowest BCUT2D eigenvalue weighted by atomic mass is 10.00. The third-order valence-electron chi connectivity index (χ3n) is 4.16. The minimum absolute atomic E-state index is 0.514. The third kappa shape index (κ3) is 4.61. The van der Waals surface area contributed by atoms with Gasteiger partial charge in [0.05, 0.1) is 0 Å². The van der Waals surface area contributed by atoms with Crippen molar-refractivity contribution in [2.75, 3.05) is 13.1 Å². The van der Waals surface area contributed by atoms with Gasteiger partial charge in [-0.25, -0.2) is 0 Å². The molecule has 2 rings (SSSR count). The molecule has 0 unspecified atom stereocenters. The Kier molecular flexibility index (Phi) is 6.20. The summed E-state index contributed by atoms with van der Waals surface area (Å²) in [5.74, 6) is 0. The van der Waals surface area contributed by atoms with Crippen molar-refractivity contribution in [2.45, 2.75) is 13.8 Å². The van der Waals surface area contributed by atoms with E-state index in [1.807, 2.05) is 35.4 Å². The molecule has 1 aliphatic heterocycles. The van der Waals surface area contributed by atoms with Crippen molar-refractivity contribution in [2.24, 2.45) is 5.73 Å². The zero-order chi connectivity index (χ0) is 18.4. The van der Waals surface area contributed by atoms with Crippen molar-refractivity contribution in [3.05, 3.63) is 96.0 Å². The second kappa shape index (κ2) is 8.36. The smallest absolute Gasteiger partial charge is 0.0377 e. The molecule has 0 fully saturated rings. The number of aryl methyl sites for hydroxylation is 1. The maximum Gasteiger partial charge on any atom is 0.0377 e. The predicted octanol–water partition coefficient (Wildman–Crippen LogP) is 4.33. The zero-order valence-electron chi connectivity index (χ0n) is 15.2. The minimum Gasteiger partial charge on any atom is -0.381 e. The fourth-order valence-electron chi connectivity index (χ4n) is 2.67. The van der Waals surface area contributed by atoms with Crippen LogP contribution in [0.5, 0.6) is 0 Å². The van der Waals surface area contributed by atoms with Crippen LogP contribution in [0.15, 0.2) is 79.3 Å². The lowest BCUT2D eigenvalue weighted by Gasteiger charge is -2.22. The summed E-state index contributed by atoms with van der Waals surface area (Å²) < 4.78 is 0. The molecule has 0 atom stereocenters. The van der Waals surface area contributed by atoms with Crippen molar-refractivity contribution < 1.29 is 0 Å². The van der Waals surface area contributed by atoms with E-state index in [1.54, 1.807) is 0 Å². The van der Waals surface area contributed by atoms with E-state index in [9.17, 15) is 0 Å². The van der Waals surface area contributed by atoms with Gasteiger partial charge < -0.3 is 16.0 Å². The molecule has 0 aliphatic carbocycles. The van der Waals surface area contributed by atoms with Crippen LogP contribution in [0, 0.1) is 6.92 Å². The van der Waals surface area contributed by atoms with Crippen molar-refractivity contribution in [1.82, 2.24) is 10.2 Å². The van der Waals surface area contributed by atoms with Crippen LogP contribution in [0.1, 0.15) is 23.6 Å². The molecule has 3 heteroatoms. The highest BCUT2D eigenvalue weighted by Crippen LogP contribution is 2.21. The number of hydrogen-bond acceptors (Lipinski definition) is 3. The summed E-state index contributed by atoms with van der Waals surface area (Å²) >= 11 is 0. The average Bonchev–Trinajstić information content (AvgIpc) is 2.61. The number of allylic oxidation sites excluding steroid dienone is 1. The van der Waals surface area contributed by atoms with Gasteiger partial charge in [-0.3, -0.25) is 0 Å². The van der Waals surface area contributed by atoms with Crippen LogP contribution >= 0.6 is 0 Å². The molecule has 130 valence electrons. The van der Waals surface area contributed by atoms with Crippen molar-refractivity contribution in [3.63, 3.8) is 0 Å². The normalized spacial score (nSPS) is 14.4. The fraction of sp³-hybridized carbons (Fsp3) is 0.182. The second-order valence-electron chi connectivity index (χ2n) is 6.19. The summed E-state index contributed by atoms with van der Waals surface area (Å²) in [5.41, 5.74) is 13.2. The Balaban J connectivity index is 2.06. The van der Waals surface area contributed by atoms with Crippen molar-refractivity contribution in [1.29, 1.82) is 0 Å². The lowest BCUT2D eigenvalue weighted by Crippen LogP contribution is -2.18. The number of rotatable bonds is 7. The molecule has 0 saturated carbocycles. The van der Waals surface area contributed by atoms with Gasteiger partial charge in [0.25, 0.3) is 0 Å². The molecule has 0 bridgehead atoms. The van der Waals surface area contributed by atoms with Crippen LogP contribution in [-0.2, 0) is 0 Å². The van der Waals surface area contributed by atoms with Crippen LogP contribution in [0.25, 0.3) is 11.8 Å². The van der Waals surface area contributed by atoms with Gasteiger partial charge in [-0.2, -0.15) is 0 Å². The molecule has 1 aromatic rings. The first-order valence-electron chi connectivity index (χ1n) is 8.34. The Morgan fingerprint density at radius 2 is 2.08 bits per heavy atom. The Morgan fingerprint density at radius 1 is 1.32 bits per heavy atom. The first kappa shape index (κ1) is 18.6. The summed E-state index contributed by atoms with van der Waals surface area (Å²) in [6.07, 6.45) is 9.92. The van der Waals surface area contributed by atoms with Gasteiger partial charge in [-0.05, 0) is 42.2 Å². The molecular weight excluding hydrogens is 306 g/mol. The number of nitrogens with zero attached hydrogens (tertiary/aromatic N) is 1. The highest BCUT2D eigenvalue weighted by Gasteiger charge is 2.08. The molecule has 0 radical (unpaired) electrons. The van der Waals surface area contributed by atoms with E-state index < -0.39 is 0 Å². The maximum atomic E-state index is 5.72. The van der Waals surface area contributed by atoms with Gasteiger partial charge in [-0.1, -0.05) is 50.1 Å². The monoisotopic (exact) mass is 333 g/mol. The van der Waals surface area contributed by atoms with Gasteiger partial charge in [0, 0.05) is 42.4 Å². The van der Waals surface area contributed by atoms with Gasteiger partial charge in [0.15, 0.2) is 0 Å². The van der Waals surface area contributed by atoms with Gasteiger partial charge in [0.2, 0.25) is 0 Å². The van der Waals surface area contributed by atoms with E-state index in [-0.39, 0.29) is 0 Å². The van der Waals surface area contributed by atoms with E-state index in [0.717, 1.165) is 33.7 Å². The molecule has 3 N–H and O–H groups in total. The number of nitrogens with one attached hydrogen (secondary N) is 1. The third-order valence-corrected chi connectivity index (χ3v) is 4.16. The Bertz CT molecular complexity index is 778. The van der Waals surface area contributed by atoms with Gasteiger partial charge >= 0.3 is 0 Å². The van der Waals surface area contributed by atoms with Crippen LogP contribution < -0.4 is 11.1 Å². The average molecular weight is 333 g/mol. The highest BCUT2D eigenvalue weighted by molar-refractivity contribution is 5.73. The molecule has 0 aromatic heterocycles. The lowest BCUT2D eigenvalue weighted by molar-refractivity contribution is 0.629. The number of hydrogen-bond donors (Lipinski definition) is 2. The maximum absolute atomic E-state index is 5.72. The molecule has 25 heavy (non-hydrogen) atoms. The van der Waals surface area contributed by atoms with Gasteiger partial charge in [0.1, 0.15) is 0 Å². The Labute approximate surface area is 151 Å². The standard InChI is InChI=1S/C22H27N3/c1-6-21-17(3)8-7-9-22(21)19(5)24-13-16(2)14-25-15-20(12-23)11-10-18(25)4/h6-11,14-15,24H,1,4-5,12-13,23H2,2-3H3/b16-14+. The van der Waals surface area contributed by atoms with E-state index in [0.29, 0.717) is 13.1 Å². The highest BCUT2D eigenvalue weighted by atomic mass is 15.1. The van der Waals surface area contributed by atoms with Gasteiger partial charge in [-0.15, -0.1) is 0 Å². The van der Waals surface area contributed by atoms with E-state index in [4.69, 9.17) is 5.73 Å². The van der Waals surface area contributed by atoms with Crippen LogP contribution in [-0.4, -0.2) is 18.0 Å². The molecule has 1 heterocycles. The Morgan fingerprint density at radius 3 is 2.76 bits per heavy atom. The zero-order valence-corrected chi connectivity index (χ0v) is 15.2. The fourth-order valence-corrected chi connectivity index (χ4v) is 2.67. The summed E-state index contributed by atoms with van der Waals surface area (Å²) in [6.45, 7) is 17.5. The quantitative estimate of drug-likeness (QED) is 0.780. The topological polar surface area (TPSA) is 41.3 Å². The molecule has 0 saturated heterocycles. The second-order valence-corrected chi connectivity index (χ2v) is 6.19. The molecule has 0 spiro atoms. The molecule has 0 amide bonds. The van der Waals surface area contributed by atoms with Crippen LogP contribution in [0.3, 0.4) is 0 Å². The summed E-state index contributed by atoms with van der Waals surface area (Å²) in [5, 5.41) is 3.40. The van der Waals surface area contributed by atoms with Crippen molar-refractivity contribution >= 4 is 11.8 Å². The largest absolute Gasteiger partial charge is 0.381 e. The summed E-state index contributed by atoms with van der Waals surface area (Å²) in [7, 11) is 0. The van der Waals surface area contributed by atoms with Crippen LogP contribution in [0.4, 0.5) is 0 Å². The first-order valence-corrected chi connectivity index (χ1v) is 8.34. The molecule has 1 aliphatic rings. The number of benzene rings is 1. The van der Waals surface area contributed by atoms with Crippen molar-refractivity contribution in [3.8, 4) is 0 Å². The molecule has 3 nitrogen and oxygen atoms in total. The summed E-state index contributed by atoms with van der Waals surface area (Å²) in [4.78, 5) is 2.00. The first-order chi connectivity index (χ1) is 12.0. The number of nitrogens with two attached hydrogens (primary N) is 1. The SMILES string of the molecule is C=Cc1c(C)cccc1C(=C)NC/C(C)=C/N1C=C(CN)C=CC1=C.